The highest BCUT2D eigenvalue weighted by Gasteiger charge is 2.27. The van der Waals surface area contributed by atoms with Crippen LogP contribution in [0.3, 0.4) is 0 Å². The Bertz CT molecular complexity index is 1040. The van der Waals surface area contributed by atoms with Gasteiger partial charge < -0.3 is 19.3 Å². The van der Waals surface area contributed by atoms with E-state index in [4.69, 9.17) is 14.0 Å². The average molecular weight is 381 g/mol. The Morgan fingerprint density at radius 2 is 2.18 bits per heavy atom. The van der Waals surface area contributed by atoms with Crippen LogP contribution in [0.15, 0.2) is 35.1 Å². The molecule has 2 aliphatic heterocycles. The summed E-state index contributed by atoms with van der Waals surface area (Å²) >= 11 is 0. The Balaban J connectivity index is 1.31. The van der Waals surface area contributed by atoms with Gasteiger partial charge in [-0.2, -0.15) is 5.10 Å². The third-order valence-electron chi connectivity index (χ3n) is 4.91. The summed E-state index contributed by atoms with van der Waals surface area (Å²) in [5, 5.41) is 11.2. The van der Waals surface area contributed by atoms with Gasteiger partial charge in [-0.25, -0.2) is 0 Å². The topological polar surface area (TPSA) is 94.7 Å². The van der Waals surface area contributed by atoms with Gasteiger partial charge in [-0.1, -0.05) is 5.16 Å². The maximum atomic E-state index is 12.4. The zero-order valence-corrected chi connectivity index (χ0v) is 15.3. The van der Waals surface area contributed by atoms with E-state index in [-0.39, 0.29) is 12.7 Å². The summed E-state index contributed by atoms with van der Waals surface area (Å²) < 4.78 is 18.0. The molecule has 144 valence electrons. The van der Waals surface area contributed by atoms with Gasteiger partial charge in [0.25, 0.3) is 0 Å². The summed E-state index contributed by atoms with van der Waals surface area (Å²) in [6, 6.07) is 5.73. The number of rotatable bonds is 4. The number of anilines is 1. The van der Waals surface area contributed by atoms with E-state index >= 15 is 0 Å². The molecule has 0 atom stereocenters. The van der Waals surface area contributed by atoms with Crippen molar-refractivity contribution >= 4 is 11.6 Å². The second-order valence-corrected chi connectivity index (χ2v) is 6.91. The minimum absolute atomic E-state index is 0.0717. The quantitative estimate of drug-likeness (QED) is 0.736. The Morgan fingerprint density at radius 1 is 1.29 bits per heavy atom. The van der Waals surface area contributed by atoms with Crippen LogP contribution in [0.25, 0.3) is 11.3 Å². The van der Waals surface area contributed by atoms with Gasteiger partial charge in [0.15, 0.2) is 11.5 Å². The van der Waals surface area contributed by atoms with Crippen LogP contribution in [-0.4, -0.2) is 45.6 Å². The highest BCUT2D eigenvalue weighted by Crippen LogP contribution is 2.38. The Morgan fingerprint density at radius 3 is 3.04 bits per heavy atom. The maximum Gasteiger partial charge on any atom is 0.238 e. The first-order valence-electron chi connectivity index (χ1n) is 9.04. The SMILES string of the molecule is Cn1cc(NC(=O)CN2CCc3onc(-c4ccc5c(c4)OCO5)c3C2)cn1. The number of carbonyl (C=O) groups is 1. The molecule has 5 rings (SSSR count). The molecule has 9 heteroatoms. The van der Waals surface area contributed by atoms with E-state index in [1.807, 2.05) is 25.2 Å². The number of ether oxygens (including phenoxy) is 2. The summed E-state index contributed by atoms with van der Waals surface area (Å²) in [6.07, 6.45) is 4.11. The number of nitrogens with one attached hydrogen (secondary N) is 1. The van der Waals surface area contributed by atoms with E-state index in [2.05, 4.69) is 20.5 Å². The minimum Gasteiger partial charge on any atom is -0.454 e. The molecule has 4 heterocycles. The van der Waals surface area contributed by atoms with Crippen LogP contribution in [0, 0.1) is 0 Å². The first kappa shape index (κ1) is 16.8. The first-order chi connectivity index (χ1) is 13.7. The standard InChI is InChI=1S/C19H19N5O4/c1-23-8-13(7-20-23)21-18(25)10-24-5-4-15-14(9-24)19(22-28-15)12-2-3-16-17(6-12)27-11-26-16/h2-3,6-8H,4-5,9-11H2,1H3,(H,21,25). The number of hydrogen-bond donors (Lipinski definition) is 1. The molecular weight excluding hydrogens is 362 g/mol. The zero-order chi connectivity index (χ0) is 19.1. The predicted molar refractivity (Wildman–Crippen MR) is 98.9 cm³/mol. The second-order valence-electron chi connectivity index (χ2n) is 6.91. The van der Waals surface area contributed by atoms with Crippen molar-refractivity contribution < 1.29 is 18.8 Å². The average Bonchev–Trinajstić information content (AvgIpc) is 3.40. The highest BCUT2D eigenvalue weighted by molar-refractivity contribution is 5.92. The largest absolute Gasteiger partial charge is 0.454 e. The van der Waals surface area contributed by atoms with Crippen molar-refractivity contribution in [3.8, 4) is 22.8 Å². The van der Waals surface area contributed by atoms with Crippen molar-refractivity contribution in [3.63, 3.8) is 0 Å². The fraction of sp³-hybridized carbons (Fsp3) is 0.316. The number of amides is 1. The summed E-state index contributed by atoms with van der Waals surface area (Å²) in [5.41, 5.74) is 3.40. The number of nitrogens with zero attached hydrogens (tertiary/aromatic N) is 4. The van der Waals surface area contributed by atoms with Gasteiger partial charge in [-0.05, 0) is 18.2 Å². The van der Waals surface area contributed by atoms with E-state index < -0.39 is 0 Å². The molecule has 0 fully saturated rings. The van der Waals surface area contributed by atoms with Crippen LogP contribution in [0.5, 0.6) is 11.5 Å². The fourth-order valence-electron chi connectivity index (χ4n) is 3.56. The molecule has 0 saturated heterocycles. The van der Waals surface area contributed by atoms with Crippen LogP contribution in [0.1, 0.15) is 11.3 Å². The summed E-state index contributed by atoms with van der Waals surface area (Å²) in [5.74, 6) is 2.24. The van der Waals surface area contributed by atoms with Gasteiger partial charge in [0.05, 0.1) is 18.4 Å². The fourth-order valence-corrected chi connectivity index (χ4v) is 3.56. The molecule has 28 heavy (non-hydrogen) atoms. The lowest BCUT2D eigenvalue weighted by atomic mass is 10.0. The van der Waals surface area contributed by atoms with Crippen molar-refractivity contribution in [3.05, 3.63) is 41.9 Å². The Hall–Kier alpha value is -3.33. The van der Waals surface area contributed by atoms with Gasteiger partial charge in [0.1, 0.15) is 11.5 Å². The van der Waals surface area contributed by atoms with Gasteiger partial charge in [0.2, 0.25) is 12.7 Å². The van der Waals surface area contributed by atoms with Crippen LogP contribution in [0.4, 0.5) is 5.69 Å². The number of aryl methyl sites for hydroxylation is 1. The molecule has 0 radical (unpaired) electrons. The van der Waals surface area contributed by atoms with Crippen molar-refractivity contribution in [1.29, 1.82) is 0 Å². The van der Waals surface area contributed by atoms with Gasteiger partial charge >= 0.3 is 0 Å². The number of aromatic nitrogens is 3. The molecule has 0 aliphatic carbocycles. The lowest BCUT2D eigenvalue weighted by Crippen LogP contribution is -2.36. The molecule has 1 aromatic carbocycles. The smallest absolute Gasteiger partial charge is 0.238 e. The molecule has 2 aromatic heterocycles. The molecule has 3 aromatic rings. The predicted octanol–water partition coefficient (Wildman–Crippen LogP) is 1.80. The normalized spacial score (nSPS) is 15.5. The molecule has 2 aliphatic rings. The Labute approximate surface area is 160 Å². The lowest BCUT2D eigenvalue weighted by molar-refractivity contribution is -0.117. The number of carbonyl (C=O) groups excluding carboxylic acids is 1. The molecule has 1 amide bonds. The zero-order valence-electron chi connectivity index (χ0n) is 15.3. The third kappa shape index (κ3) is 3.09. The first-order valence-corrected chi connectivity index (χ1v) is 9.04. The molecule has 1 N–H and O–H groups in total. The highest BCUT2D eigenvalue weighted by atomic mass is 16.7. The van der Waals surface area contributed by atoms with Crippen molar-refractivity contribution in [2.45, 2.75) is 13.0 Å². The maximum absolute atomic E-state index is 12.4. The molecule has 9 nitrogen and oxygen atoms in total. The number of fused-ring (bicyclic) bond motifs is 2. The van der Waals surface area contributed by atoms with Gasteiger partial charge in [-0.15, -0.1) is 0 Å². The number of benzene rings is 1. The van der Waals surface area contributed by atoms with Crippen LogP contribution < -0.4 is 14.8 Å². The van der Waals surface area contributed by atoms with Crippen LogP contribution in [0.2, 0.25) is 0 Å². The van der Waals surface area contributed by atoms with Crippen LogP contribution >= 0.6 is 0 Å². The van der Waals surface area contributed by atoms with Crippen molar-refractivity contribution in [1.82, 2.24) is 19.8 Å². The minimum atomic E-state index is -0.0717. The number of hydrogen-bond acceptors (Lipinski definition) is 7. The van der Waals surface area contributed by atoms with E-state index in [0.29, 0.717) is 30.9 Å². The molecular formula is C19H19N5O4. The van der Waals surface area contributed by atoms with E-state index in [9.17, 15) is 4.79 Å². The molecule has 0 spiro atoms. The van der Waals surface area contributed by atoms with Gasteiger partial charge in [0, 0.05) is 43.9 Å². The summed E-state index contributed by atoms with van der Waals surface area (Å²) in [7, 11) is 1.81. The lowest BCUT2D eigenvalue weighted by Gasteiger charge is -2.25. The molecule has 0 saturated carbocycles. The second kappa shape index (κ2) is 6.68. The van der Waals surface area contributed by atoms with Crippen LogP contribution in [-0.2, 0) is 24.8 Å². The summed E-state index contributed by atoms with van der Waals surface area (Å²) in [4.78, 5) is 14.4. The van der Waals surface area contributed by atoms with E-state index in [1.54, 1.807) is 17.1 Å². The third-order valence-corrected chi connectivity index (χ3v) is 4.91. The molecule has 0 unspecified atom stereocenters. The van der Waals surface area contributed by atoms with E-state index in [0.717, 1.165) is 34.9 Å². The molecule has 0 bridgehead atoms. The Kier molecular flexibility index (Phi) is 4.01. The van der Waals surface area contributed by atoms with Crippen molar-refractivity contribution in [2.24, 2.45) is 7.05 Å². The van der Waals surface area contributed by atoms with E-state index in [1.165, 1.54) is 0 Å². The summed E-state index contributed by atoms with van der Waals surface area (Å²) in [6.45, 7) is 1.86. The van der Waals surface area contributed by atoms with Gasteiger partial charge in [-0.3, -0.25) is 14.4 Å². The van der Waals surface area contributed by atoms with Crippen molar-refractivity contribution in [2.75, 3.05) is 25.2 Å². The monoisotopic (exact) mass is 381 g/mol.